The lowest BCUT2D eigenvalue weighted by Crippen LogP contribution is -2.47. The first-order valence-electron chi connectivity index (χ1n) is 8.06. The number of carbonyl (C=O) groups excluding carboxylic acids is 1. The first-order valence-corrected chi connectivity index (χ1v) is 8.06. The number of hydrogen-bond donors (Lipinski definition) is 1. The lowest BCUT2D eigenvalue weighted by Gasteiger charge is -2.32. The molecule has 24 heavy (non-hydrogen) atoms. The highest BCUT2D eigenvalue weighted by Gasteiger charge is 2.18. The molecule has 0 bridgehead atoms. The van der Waals surface area contributed by atoms with Crippen molar-refractivity contribution in [3.8, 4) is 11.3 Å². The monoisotopic (exact) mass is 327 g/mol. The molecule has 1 amide bonds. The SMILES string of the molecule is CC(CNC(=O)c1cccc(-c2cncnc2)n1)N1CCOCC1. The largest absolute Gasteiger partial charge is 0.379 e. The zero-order chi connectivity index (χ0) is 16.8. The molecule has 2 aromatic heterocycles. The van der Waals surface area contributed by atoms with Gasteiger partial charge < -0.3 is 10.1 Å². The Morgan fingerprint density at radius 3 is 2.79 bits per heavy atom. The van der Waals surface area contributed by atoms with E-state index in [2.05, 4.69) is 32.1 Å². The summed E-state index contributed by atoms with van der Waals surface area (Å²) in [5.74, 6) is -0.172. The third-order valence-electron chi connectivity index (χ3n) is 4.07. The fourth-order valence-electron chi connectivity index (χ4n) is 2.63. The first-order chi connectivity index (χ1) is 11.7. The van der Waals surface area contributed by atoms with Crippen molar-refractivity contribution < 1.29 is 9.53 Å². The Hall–Kier alpha value is -2.38. The van der Waals surface area contributed by atoms with E-state index in [-0.39, 0.29) is 11.9 Å². The number of nitrogens with one attached hydrogen (secondary N) is 1. The minimum absolute atomic E-state index is 0.172. The van der Waals surface area contributed by atoms with E-state index in [1.807, 2.05) is 12.1 Å². The average Bonchev–Trinajstić information content (AvgIpc) is 2.67. The summed E-state index contributed by atoms with van der Waals surface area (Å²) in [6, 6.07) is 5.63. The van der Waals surface area contributed by atoms with Crippen LogP contribution in [0.15, 0.2) is 36.9 Å². The molecule has 1 N–H and O–H groups in total. The van der Waals surface area contributed by atoms with Gasteiger partial charge in [0.25, 0.3) is 5.91 Å². The van der Waals surface area contributed by atoms with E-state index < -0.39 is 0 Å². The Morgan fingerprint density at radius 1 is 1.29 bits per heavy atom. The molecule has 0 aromatic carbocycles. The summed E-state index contributed by atoms with van der Waals surface area (Å²) in [5.41, 5.74) is 1.86. The number of nitrogens with zero attached hydrogens (tertiary/aromatic N) is 4. The van der Waals surface area contributed by atoms with Crippen molar-refractivity contribution in [1.82, 2.24) is 25.2 Å². The molecule has 1 unspecified atom stereocenters. The van der Waals surface area contributed by atoms with Crippen LogP contribution in [0.1, 0.15) is 17.4 Å². The summed E-state index contributed by atoms with van der Waals surface area (Å²) < 4.78 is 5.35. The average molecular weight is 327 g/mol. The summed E-state index contributed by atoms with van der Waals surface area (Å²) in [4.78, 5) is 27.0. The van der Waals surface area contributed by atoms with Gasteiger partial charge in [-0.3, -0.25) is 9.69 Å². The van der Waals surface area contributed by atoms with Crippen molar-refractivity contribution in [1.29, 1.82) is 0 Å². The van der Waals surface area contributed by atoms with Crippen LogP contribution in [0.25, 0.3) is 11.3 Å². The second-order valence-corrected chi connectivity index (χ2v) is 5.74. The third kappa shape index (κ3) is 4.12. The van der Waals surface area contributed by atoms with Gasteiger partial charge in [0.05, 0.1) is 18.9 Å². The maximum atomic E-state index is 12.4. The van der Waals surface area contributed by atoms with Crippen LogP contribution in [0.2, 0.25) is 0 Å². The predicted molar refractivity (Wildman–Crippen MR) is 89.5 cm³/mol. The highest BCUT2D eigenvalue weighted by atomic mass is 16.5. The van der Waals surface area contributed by atoms with Gasteiger partial charge in [0.1, 0.15) is 12.0 Å². The van der Waals surface area contributed by atoms with Gasteiger partial charge in [0.15, 0.2) is 0 Å². The maximum absolute atomic E-state index is 12.4. The van der Waals surface area contributed by atoms with Crippen LogP contribution < -0.4 is 5.32 Å². The normalized spacial score (nSPS) is 16.5. The van der Waals surface area contributed by atoms with Gasteiger partial charge in [-0.2, -0.15) is 0 Å². The number of amides is 1. The molecule has 0 radical (unpaired) electrons. The summed E-state index contributed by atoms with van der Waals surface area (Å²) in [6.07, 6.45) is 4.82. The number of carbonyl (C=O) groups is 1. The van der Waals surface area contributed by atoms with Crippen LogP contribution in [0, 0.1) is 0 Å². The molecule has 1 fully saturated rings. The first kappa shape index (κ1) is 16.5. The summed E-state index contributed by atoms with van der Waals surface area (Å²) >= 11 is 0. The number of ether oxygens (including phenoxy) is 1. The Labute approximate surface area is 141 Å². The number of morpholine rings is 1. The van der Waals surface area contributed by atoms with Gasteiger partial charge in [-0.25, -0.2) is 15.0 Å². The van der Waals surface area contributed by atoms with Crippen LogP contribution in [0.3, 0.4) is 0 Å². The standard InChI is InChI=1S/C17H21N5O2/c1-13(22-5-7-24-8-6-22)9-20-17(23)16-4-2-3-15(21-16)14-10-18-12-19-11-14/h2-4,10-13H,5-9H2,1H3,(H,20,23). The van der Waals surface area contributed by atoms with Gasteiger partial charge in [-0.05, 0) is 19.1 Å². The van der Waals surface area contributed by atoms with Crippen LogP contribution in [-0.2, 0) is 4.74 Å². The highest BCUT2D eigenvalue weighted by molar-refractivity contribution is 5.92. The Morgan fingerprint density at radius 2 is 2.04 bits per heavy atom. The quantitative estimate of drug-likeness (QED) is 0.882. The Kier molecular flexibility index (Phi) is 5.45. The molecule has 0 saturated carbocycles. The van der Waals surface area contributed by atoms with Crippen LogP contribution in [0.4, 0.5) is 0 Å². The molecule has 3 heterocycles. The van der Waals surface area contributed by atoms with E-state index in [1.54, 1.807) is 18.5 Å². The molecule has 7 heteroatoms. The molecule has 2 aromatic rings. The molecule has 3 rings (SSSR count). The maximum Gasteiger partial charge on any atom is 0.269 e. The molecule has 1 saturated heterocycles. The summed E-state index contributed by atoms with van der Waals surface area (Å²) in [5, 5.41) is 2.96. The van der Waals surface area contributed by atoms with Crippen LogP contribution in [-0.4, -0.2) is 64.6 Å². The molecular weight excluding hydrogens is 306 g/mol. The summed E-state index contributed by atoms with van der Waals surface area (Å²) in [6.45, 7) is 6.00. The van der Waals surface area contributed by atoms with E-state index in [9.17, 15) is 4.79 Å². The van der Waals surface area contributed by atoms with Crippen LogP contribution >= 0.6 is 0 Å². The van der Waals surface area contributed by atoms with Crippen molar-refractivity contribution in [2.24, 2.45) is 0 Å². The summed E-state index contributed by atoms with van der Waals surface area (Å²) in [7, 11) is 0. The van der Waals surface area contributed by atoms with Crippen molar-refractivity contribution in [3.05, 3.63) is 42.6 Å². The van der Waals surface area contributed by atoms with E-state index in [0.29, 0.717) is 17.9 Å². The van der Waals surface area contributed by atoms with Gasteiger partial charge in [-0.15, -0.1) is 0 Å². The second kappa shape index (κ2) is 7.94. The third-order valence-corrected chi connectivity index (χ3v) is 4.07. The van der Waals surface area contributed by atoms with Crippen molar-refractivity contribution in [2.75, 3.05) is 32.8 Å². The van der Waals surface area contributed by atoms with E-state index in [1.165, 1.54) is 6.33 Å². The predicted octanol–water partition coefficient (Wildman–Crippen LogP) is 0.989. The van der Waals surface area contributed by atoms with Gasteiger partial charge in [0.2, 0.25) is 0 Å². The fraction of sp³-hybridized carbons (Fsp3) is 0.412. The topological polar surface area (TPSA) is 80.2 Å². The van der Waals surface area contributed by atoms with E-state index in [0.717, 1.165) is 31.9 Å². The molecule has 1 aliphatic rings. The minimum Gasteiger partial charge on any atom is -0.379 e. The number of hydrogen-bond acceptors (Lipinski definition) is 6. The van der Waals surface area contributed by atoms with Crippen LogP contribution in [0.5, 0.6) is 0 Å². The molecule has 0 spiro atoms. The van der Waals surface area contributed by atoms with E-state index in [4.69, 9.17) is 4.74 Å². The number of aromatic nitrogens is 3. The molecule has 0 aliphatic carbocycles. The smallest absolute Gasteiger partial charge is 0.269 e. The zero-order valence-corrected chi connectivity index (χ0v) is 13.7. The molecule has 7 nitrogen and oxygen atoms in total. The van der Waals surface area contributed by atoms with Crippen molar-refractivity contribution in [3.63, 3.8) is 0 Å². The lowest BCUT2D eigenvalue weighted by molar-refractivity contribution is 0.0204. The highest BCUT2D eigenvalue weighted by Crippen LogP contribution is 2.14. The Bertz CT molecular complexity index is 674. The second-order valence-electron chi connectivity index (χ2n) is 5.74. The van der Waals surface area contributed by atoms with Gasteiger partial charge in [-0.1, -0.05) is 6.07 Å². The van der Waals surface area contributed by atoms with Crippen molar-refractivity contribution in [2.45, 2.75) is 13.0 Å². The van der Waals surface area contributed by atoms with Gasteiger partial charge >= 0.3 is 0 Å². The zero-order valence-electron chi connectivity index (χ0n) is 13.7. The lowest BCUT2D eigenvalue weighted by atomic mass is 10.2. The molecule has 1 atom stereocenters. The minimum atomic E-state index is -0.172. The fourth-order valence-corrected chi connectivity index (χ4v) is 2.63. The van der Waals surface area contributed by atoms with E-state index >= 15 is 0 Å². The van der Waals surface area contributed by atoms with Crippen molar-refractivity contribution >= 4 is 5.91 Å². The Balaban J connectivity index is 1.61. The molecule has 1 aliphatic heterocycles. The molecular formula is C17H21N5O2. The number of pyridine rings is 1. The number of rotatable bonds is 5. The van der Waals surface area contributed by atoms with Gasteiger partial charge in [0, 0.05) is 43.6 Å². The molecule has 126 valence electrons.